The van der Waals surface area contributed by atoms with Crippen molar-refractivity contribution in [2.24, 2.45) is 17.8 Å². The topological polar surface area (TPSA) is 66.6 Å². The second-order valence-electron chi connectivity index (χ2n) is 11.2. The van der Waals surface area contributed by atoms with Gasteiger partial charge in [0.1, 0.15) is 5.60 Å². The normalized spacial score (nSPS) is 42.3. The first-order valence-electron chi connectivity index (χ1n) is 12.6. The number of rotatable bonds is 10. The molecule has 3 heterocycles. The van der Waals surface area contributed by atoms with E-state index in [9.17, 15) is 4.79 Å². The molecular formula is C25H44N2O4. The summed E-state index contributed by atoms with van der Waals surface area (Å²) >= 11 is 0. The van der Waals surface area contributed by atoms with Crippen molar-refractivity contribution in [1.29, 1.82) is 0 Å². The number of carbonyl (C=O) groups excluding carboxylic acids is 1. The van der Waals surface area contributed by atoms with Crippen LogP contribution in [0.2, 0.25) is 0 Å². The molecule has 7 atom stereocenters. The van der Waals surface area contributed by atoms with E-state index in [4.69, 9.17) is 14.2 Å². The van der Waals surface area contributed by atoms with Crippen molar-refractivity contribution in [1.82, 2.24) is 10.2 Å². The molecule has 4 fully saturated rings. The molecule has 1 N–H and O–H groups in total. The van der Waals surface area contributed by atoms with E-state index in [0.717, 1.165) is 38.8 Å². The van der Waals surface area contributed by atoms with E-state index in [2.05, 4.69) is 38.0 Å². The molecule has 3 saturated heterocycles. The second kappa shape index (κ2) is 9.28. The van der Waals surface area contributed by atoms with E-state index in [0.29, 0.717) is 18.4 Å². The number of carbonyl (C=O) groups is 1. The van der Waals surface area contributed by atoms with Crippen molar-refractivity contribution in [2.45, 2.75) is 102 Å². The summed E-state index contributed by atoms with van der Waals surface area (Å²) in [7, 11) is 3.99. The number of nitrogens with one attached hydrogen (secondary N) is 1. The minimum atomic E-state index is -0.186. The molecule has 1 spiro atoms. The van der Waals surface area contributed by atoms with Crippen LogP contribution in [0.25, 0.3) is 0 Å². The third-order valence-electron chi connectivity index (χ3n) is 8.61. The maximum Gasteiger partial charge on any atom is 0.220 e. The standard InChI is InChI=1S/C25H44N2O4/c1-17(2)8-9-20-24(3,31-20)23-22(29-5)18(10-12-25(23)16-30-25)15-21(28)26-13-11-19-7-6-14-27(19)4/h17-20,22-23H,6-16H2,1-5H3,(H,26,28). The molecule has 0 radical (unpaired) electrons. The fourth-order valence-electron chi connectivity index (χ4n) is 6.54. The van der Waals surface area contributed by atoms with Crippen LogP contribution in [0, 0.1) is 17.8 Å². The maximum absolute atomic E-state index is 12.8. The molecule has 0 aromatic rings. The molecule has 0 aromatic carbocycles. The number of hydrogen-bond donors (Lipinski definition) is 1. The quantitative estimate of drug-likeness (QED) is 0.532. The third kappa shape index (κ3) is 4.97. The molecule has 7 unspecified atom stereocenters. The number of amides is 1. The second-order valence-corrected chi connectivity index (χ2v) is 11.2. The molecule has 178 valence electrons. The number of ether oxygens (including phenoxy) is 3. The maximum atomic E-state index is 12.8. The molecule has 3 aliphatic heterocycles. The number of methoxy groups -OCH3 is 1. The van der Waals surface area contributed by atoms with Crippen molar-refractivity contribution in [3.05, 3.63) is 0 Å². The molecule has 4 rings (SSSR count). The molecule has 1 amide bonds. The first-order valence-corrected chi connectivity index (χ1v) is 12.6. The van der Waals surface area contributed by atoms with Gasteiger partial charge in [-0.05, 0) is 77.3 Å². The molecule has 6 nitrogen and oxygen atoms in total. The Kier molecular flexibility index (Phi) is 7.03. The van der Waals surface area contributed by atoms with E-state index in [-0.39, 0.29) is 41.2 Å². The lowest BCUT2D eigenvalue weighted by atomic mass is 9.64. The summed E-state index contributed by atoms with van der Waals surface area (Å²) in [5.41, 5.74) is -0.281. The van der Waals surface area contributed by atoms with Crippen LogP contribution in [0.15, 0.2) is 0 Å². The number of hydrogen-bond acceptors (Lipinski definition) is 5. The highest BCUT2D eigenvalue weighted by molar-refractivity contribution is 5.76. The molecule has 1 saturated carbocycles. The van der Waals surface area contributed by atoms with Crippen LogP contribution < -0.4 is 5.32 Å². The Morgan fingerprint density at radius 1 is 1.29 bits per heavy atom. The minimum absolute atomic E-state index is 0.0111. The highest BCUT2D eigenvalue weighted by Crippen LogP contribution is 2.60. The van der Waals surface area contributed by atoms with Gasteiger partial charge < -0.3 is 24.4 Å². The summed E-state index contributed by atoms with van der Waals surface area (Å²) in [6, 6.07) is 0.618. The van der Waals surface area contributed by atoms with Crippen LogP contribution in [0.1, 0.15) is 72.1 Å². The first kappa shape index (κ1) is 23.5. The Morgan fingerprint density at radius 2 is 2.06 bits per heavy atom. The van der Waals surface area contributed by atoms with Gasteiger partial charge in [0.2, 0.25) is 5.91 Å². The molecule has 0 aromatic heterocycles. The van der Waals surface area contributed by atoms with Crippen molar-refractivity contribution >= 4 is 5.91 Å². The van der Waals surface area contributed by atoms with Crippen LogP contribution >= 0.6 is 0 Å². The highest BCUT2D eigenvalue weighted by atomic mass is 16.6. The van der Waals surface area contributed by atoms with Gasteiger partial charge in [-0.1, -0.05) is 13.8 Å². The summed E-state index contributed by atoms with van der Waals surface area (Å²) < 4.78 is 18.5. The van der Waals surface area contributed by atoms with Gasteiger partial charge in [-0.25, -0.2) is 0 Å². The highest BCUT2D eigenvalue weighted by Gasteiger charge is 2.71. The summed E-state index contributed by atoms with van der Waals surface area (Å²) in [5.74, 6) is 1.29. The van der Waals surface area contributed by atoms with Crippen molar-refractivity contribution in [3.63, 3.8) is 0 Å². The van der Waals surface area contributed by atoms with Gasteiger partial charge in [-0.15, -0.1) is 0 Å². The van der Waals surface area contributed by atoms with Gasteiger partial charge >= 0.3 is 0 Å². The van der Waals surface area contributed by atoms with Crippen LogP contribution in [0.4, 0.5) is 0 Å². The van der Waals surface area contributed by atoms with E-state index >= 15 is 0 Å². The Hall–Kier alpha value is -0.690. The first-order chi connectivity index (χ1) is 14.8. The molecular weight excluding hydrogens is 392 g/mol. The zero-order valence-corrected chi connectivity index (χ0v) is 20.3. The summed E-state index contributed by atoms with van der Waals surface area (Å²) in [5, 5.41) is 3.19. The van der Waals surface area contributed by atoms with Gasteiger partial charge in [-0.3, -0.25) is 4.79 Å². The largest absolute Gasteiger partial charge is 0.381 e. The van der Waals surface area contributed by atoms with Gasteiger partial charge in [-0.2, -0.15) is 0 Å². The molecule has 31 heavy (non-hydrogen) atoms. The van der Waals surface area contributed by atoms with Gasteiger partial charge in [0.15, 0.2) is 0 Å². The Balaban J connectivity index is 1.33. The van der Waals surface area contributed by atoms with Crippen LogP contribution in [-0.4, -0.2) is 74.1 Å². The molecule has 6 heteroatoms. The lowest BCUT2D eigenvalue weighted by molar-refractivity contribution is -0.128. The van der Waals surface area contributed by atoms with E-state index < -0.39 is 0 Å². The van der Waals surface area contributed by atoms with E-state index in [1.807, 2.05) is 0 Å². The minimum Gasteiger partial charge on any atom is -0.381 e. The molecule has 1 aliphatic carbocycles. The average Bonchev–Trinajstić information content (AvgIpc) is 3.59. The lowest BCUT2D eigenvalue weighted by Crippen LogP contribution is -2.53. The zero-order valence-electron chi connectivity index (χ0n) is 20.3. The SMILES string of the molecule is COC1C(CC(=O)NCCC2CCCN2C)CCC2(CO2)C1C1(C)OC1CCC(C)C. The summed E-state index contributed by atoms with van der Waals surface area (Å²) in [4.78, 5) is 15.2. The number of likely N-dealkylation sites (tertiary alicyclic amines) is 1. The van der Waals surface area contributed by atoms with Crippen molar-refractivity contribution in [2.75, 3.05) is 33.9 Å². The van der Waals surface area contributed by atoms with Crippen LogP contribution in [0.5, 0.6) is 0 Å². The smallest absolute Gasteiger partial charge is 0.220 e. The van der Waals surface area contributed by atoms with Crippen molar-refractivity contribution < 1.29 is 19.0 Å². The number of epoxide rings is 2. The fourth-order valence-corrected chi connectivity index (χ4v) is 6.54. The Labute approximate surface area is 188 Å². The van der Waals surface area contributed by atoms with Gasteiger partial charge in [0, 0.05) is 32.0 Å². The van der Waals surface area contributed by atoms with Crippen LogP contribution in [-0.2, 0) is 19.0 Å². The van der Waals surface area contributed by atoms with Gasteiger partial charge in [0.05, 0.1) is 24.4 Å². The van der Waals surface area contributed by atoms with Gasteiger partial charge in [0.25, 0.3) is 0 Å². The molecule has 0 bridgehead atoms. The fraction of sp³-hybridized carbons (Fsp3) is 0.960. The summed E-state index contributed by atoms with van der Waals surface area (Å²) in [6.45, 7) is 9.54. The predicted molar refractivity (Wildman–Crippen MR) is 121 cm³/mol. The van der Waals surface area contributed by atoms with Crippen LogP contribution in [0.3, 0.4) is 0 Å². The third-order valence-corrected chi connectivity index (χ3v) is 8.61. The van der Waals surface area contributed by atoms with E-state index in [1.165, 1.54) is 25.8 Å². The zero-order chi connectivity index (χ0) is 22.2. The monoisotopic (exact) mass is 436 g/mol. The molecule has 4 aliphatic rings. The Bertz CT molecular complexity index is 637. The average molecular weight is 437 g/mol. The lowest BCUT2D eigenvalue weighted by Gasteiger charge is -2.43. The van der Waals surface area contributed by atoms with Crippen molar-refractivity contribution in [3.8, 4) is 0 Å². The summed E-state index contributed by atoms with van der Waals surface area (Å²) in [6.07, 6.45) is 8.68. The Morgan fingerprint density at radius 3 is 2.68 bits per heavy atom. The van der Waals surface area contributed by atoms with E-state index in [1.54, 1.807) is 7.11 Å². The number of nitrogens with zero attached hydrogens (tertiary/aromatic N) is 1. The predicted octanol–water partition coefficient (Wildman–Crippen LogP) is 3.38.